The number of benzene rings is 1. The first-order valence-corrected chi connectivity index (χ1v) is 7.06. The van der Waals surface area contributed by atoms with Crippen molar-refractivity contribution in [1.82, 2.24) is 4.90 Å². The number of thiocarbonyl (C=S) groups is 1. The maximum absolute atomic E-state index is 9.61. The van der Waals surface area contributed by atoms with Crippen LogP contribution in [0.2, 0.25) is 0 Å². The highest BCUT2D eigenvalue weighted by Crippen LogP contribution is 2.27. The molecule has 0 spiro atoms. The second-order valence-corrected chi connectivity index (χ2v) is 5.17. The van der Waals surface area contributed by atoms with Gasteiger partial charge in [0.15, 0.2) is 11.5 Å². The molecule has 1 aliphatic rings. The normalized spacial score (nSPS) is 16.4. The molecule has 1 aromatic rings. The lowest BCUT2D eigenvalue weighted by Crippen LogP contribution is -3.14. The third-order valence-corrected chi connectivity index (χ3v) is 4.18. The fraction of sp³-hybridized carbons (Fsp3) is 0.500. The number of rotatable bonds is 3. The van der Waals surface area contributed by atoms with Gasteiger partial charge in [-0.2, -0.15) is 0 Å². The number of hydrogen-bond acceptors (Lipinski definition) is 3. The largest absolute Gasteiger partial charge is 0.504 e. The van der Waals surface area contributed by atoms with Crippen LogP contribution in [-0.4, -0.2) is 54.8 Å². The van der Waals surface area contributed by atoms with Gasteiger partial charge in [0, 0.05) is 5.56 Å². The summed E-state index contributed by atoms with van der Waals surface area (Å²) in [6.07, 6.45) is 0. The Morgan fingerprint density at radius 3 is 2.68 bits per heavy atom. The second kappa shape index (κ2) is 6.21. The van der Waals surface area contributed by atoms with Crippen LogP contribution in [-0.2, 0) is 0 Å². The Balaban J connectivity index is 2.08. The molecular weight excluding hydrogens is 260 g/mol. The summed E-state index contributed by atoms with van der Waals surface area (Å²) >= 11 is 5.55. The van der Waals surface area contributed by atoms with Crippen molar-refractivity contribution in [2.75, 3.05) is 39.8 Å². The van der Waals surface area contributed by atoms with E-state index in [9.17, 15) is 5.11 Å². The van der Waals surface area contributed by atoms with Crippen LogP contribution in [0.5, 0.6) is 11.5 Å². The van der Waals surface area contributed by atoms with Crippen LogP contribution in [0, 0.1) is 0 Å². The minimum absolute atomic E-state index is 0.147. The third-order valence-electron chi connectivity index (χ3n) is 3.68. The highest BCUT2D eigenvalue weighted by atomic mass is 32.1. The number of likely N-dealkylation sites (N-methyl/N-ethyl adjacent to an activating group) is 1. The van der Waals surface area contributed by atoms with Crippen LogP contribution in [0.15, 0.2) is 18.2 Å². The van der Waals surface area contributed by atoms with Gasteiger partial charge in [-0.15, -0.1) is 0 Å². The third kappa shape index (κ3) is 3.16. The summed E-state index contributed by atoms with van der Waals surface area (Å²) in [5.41, 5.74) is 0.935. The van der Waals surface area contributed by atoms with Gasteiger partial charge in [-0.1, -0.05) is 12.2 Å². The zero-order valence-corrected chi connectivity index (χ0v) is 12.3. The second-order valence-electron chi connectivity index (χ2n) is 4.78. The van der Waals surface area contributed by atoms with E-state index in [4.69, 9.17) is 17.0 Å². The Bertz CT molecular complexity index is 457. The highest BCUT2D eigenvalue weighted by Gasteiger charge is 2.21. The molecule has 104 valence electrons. The molecule has 2 rings (SSSR count). The average molecular weight is 281 g/mol. The number of ether oxygens (including phenoxy) is 1. The van der Waals surface area contributed by atoms with Crippen LogP contribution in [0.1, 0.15) is 12.5 Å². The molecule has 2 N–H and O–H groups in total. The average Bonchev–Trinajstić information content (AvgIpc) is 2.47. The summed E-state index contributed by atoms with van der Waals surface area (Å²) in [7, 11) is 1.55. The Kier molecular flexibility index (Phi) is 4.61. The van der Waals surface area contributed by atoms with Crippen molar-refractivity contribution in [3.05, 3.63) is 23.8 Å². The Labute approximate surface area is 119 Å². The summed E-state index contributed by atoms with van der Waals surface area (Å²) in [5, 5.41) is 9.61. The number of quaternary nitrogens is 1. The van der Waals surface area contributed by atoms with Crippen LogP contribution in [0.3, 0.4) is 0 Å². The molecule has 1 fully saturated rings. The molecule has 19 heavy (non-hydrogen) atoms. The van der Waals surface area contributed by atoms with Crippen molar-refractivity contribution >= 4 is 17.2 Å². The van der Waals surface area contributed by atoms with Gasteiger partial charge in [-0.25, -0.2) is 0 Å². The van der Waals surface area contributed by atoms with Gasteiger partial charge in [0.2, 0.25) is 0 Å². The monoisotopic (exact) mass is 281 g/mol. The predicted octanol–water partition coefficient (Wildman–Crippen LogP) is 0.297. The molecular formula is C14H21N2O2S+. The number of hydrogen-bond donors (Lipinski definition) is 2. The summed E-state index contributed by atoms with van der Waals surface area (Å²) in [6, 6.07) is 5.28. The van der Waals surface area contributed by atoms with Gasteiger partial charge in [0.1, 0.15) is 4.99 Å². The molecule has 0 unspecified atom stereocenters. The zero-order valence-electron chi connectivity index (χ0n) is 11.5. The number of aromatic hydroxyl groups is 1. The fourth-order valence-corrected chi connectivity index (χ4v) is 2.68. The molecule has 0 amide bonds. The molecule has 0 saturated carbocycles. The van der Waals surface area contributed by atoms with Crippen LogP contribution in [0.25, 0.3) is 0 Å². The topological polar surface area (TPSA) is 37.1 Å². The summed E-state index contributed by atoms with van der Waals surface area (Å²) in [5.74, 6) is 0.618. The minimum Gasteiger partial charge on any atom is -0.504 e. The van der Waals surface area contributed by atoms with Crippen LogP contribution >= 0.6 is 12.2 Å². The Hall–Kier alpha value is -1.33. The minimum atomic E-state index is 0.147. The van der Waals surface area contributed by atoms with E-state index >= 15 is 0 Å². The molecule has 5 heteroatoms. The molecule has 0 radical (unpaired) electrons. The van der Waals surface area contributed by atoms with Crippen molar-refractivity contribution in [3.63, 3.8) is 0 Å². The van der Waals surface area contributed by atoms with Crippen molar-refractivity contribution in [2.45, 2.75) is 6.92 Å². The van der Waals surface area contributed by atoms with E-state index < -0.39 is 0 Å². The van der Waals surface area contributed by atoms with E-state index in [-0.39, 0.29) is 5.75 Å². The summed E-state index contributed by atoms with van der Waals surface area (Å²) < 4.78 is 5.13. The number of phenolic OH excluding ortho intramolecular Hbond substituents is 1. The summed E-state index contributed by atoms with van der Waals surface area (Å²) in [4.78, 5) is 4.70. The van der Waals surface area contributed by atoms with Gasteiger partial charge < -0.3 is 19.6 Å². The number of nitrogens with one attached hydrogen (secondary N) is 1. The van der Waals surface area contributed by atoms with E-state index in [1.54, 1.807) is 24.1 Å². The molecule has 1 saturated heterocycles. The smallest absolute Gasteiger partial charge is 0.161 e. The van der Waals surface area contributed by atoms with Crippen molar-refractivity contribution in [3.8, 4) is 11.5 Å². The number of nitrogens with zero attached hydrogens (tertiary/aromatic N) is 1. The van der Waals surface area contributed by atoms with E-state index in [1.807, 2.05) is 6.07 Å². The number of phenols is 1. The van der Waals surface area contributed by atoms with Crippen LogP contribution < -0.4 is 9.64 Å². The maximum atomic E-state index is 9.61. The lowest BCUT2D eigenvalue weighted by molar-refractivity contribution is -0.902. The standard InChI is InChI=1S/C14H20N2O2S/c1-3-15-6-8-16(9-7-15)14(19)11-4-5-12(17)13(10-11)18-2/h4-5,10,17H,3,6-9H2,1-2H3/p+1. The lowest BCUT2D eigenvalue weighted by atomic mass is 10.1. The predicted molar refractivity (Wildman–Crippen MR) is 79.2 cm³/mol. The number of methoxy groups -OCH3 is 1. The van der Waals surface area contributed by atoms with E-state index in [0.717, 1.165) is 36.7 Å². The lowest BCUT2D eigenvalue weighted by Gasteiger charge is -2.33. The molecule has 1 aromatic carbocycles. The Morgan fingerprint density at radius 1 is 1.42 bits per heavy atom. The molecule has 0 aromatic heterocycles. The van der Waals surface area contributed by atoms with E-state index in [0.29, 0.717) is 5.75 Å². The molecule has 1 heterocycles. The van der Waals surface area contributed by atoms with Crippen molar-refractivity contribution < 1.29 is 14.7 Å². The van der Waals surface area contributed by atoms with Crippen molar-refractivity contribution in [2.24, 2.45) is 0 Å². The van der Waals surface area contributed by atoms with Gasteiger partial charge >= 0.3 is 0 Å². The maximum Gasteiger partial charge on any atom is 0.161 e. The quantitative estimate of drug-likeness (QED) is 0.781. The first-order valence-electron chi connectivity index (χ1n) is 6.65. The first kappa shape index (κ1) is 14.1. The van der Waals surface area contributed by atoms with Crippen molar-refractivity contribution in [1.29, 1.82) is 0 Å². The van der Waals surface area contributed by atoms with Gasteiger partial charge in [0.25, 0.3) is 0 Å². The Morgan fingerprint density at radius 2 is 2.11 bits per heavy atom. The molecule has 4 nitrogen and oxygen atoms in total. The molecule has 1 aliphatic heterocycles. The molecule has 0 aliphatic carbocycles. The fourth-order valence-electron chi connectivity index (χ4n) is 2.37. The van der Waals surface area contributed by atoms with E-state index in [1.165, 1.54) is 6.54 Å². The van der Waals surface area contributed by atoms with Gasteiger partial charge in [-0.05, 0) is 25.1 Å². The molecule has 0 atom stereocenters. The van der Waals surface area contributed by atoms with Gasteiger partial charge in [-0.3, -0.25) is 0 Å². The van der Waals surface area contributed by atoms with Gasteiger partial charge in [0.05, 0.1) is 39.8 Å². The first-order chi connectivity index (χ1) is 9.15. The SMILES string of the molecule is CC[NH+]1CCN(C(=S)c2ccc(O)c(OC)c2)CC1. The highest BCUT2D eigenvalue weighted by molar-refractivity contribution is 7.80. The van der Waals surface area contributed by atoms with E-state index in [2.05, 4.69) is 11.8 Å². The summed E-state index contributed by atoms with van der Waals surface area (Å²) in [6.45, 7) is 7.63. The van der Waals surface area contributed by atoms with Crippen LogP contribution in [0.4, 0.5) is 0 Å². The zero-order chi connectivity index (χ0) is 13.8. The molecule has 0 bridgehead atoms. The number of piperazine rings is 1.